The fraction of sp³-hybridized carbons (Fsp3) is 0.225. The summed E-state index contributed by atoms with van der Waals surface area (Å²) in [5.74, 6) is -0.141. The Morgan fingerprint density at radius 3 is 2.29 bits per heavy atom. The van der Waals surface area contributed by atoms with E-state index in [-0.39, 0.29) is 13.0 Å². The second-order valence-corrected chi connectivity index (χ2v) is 13.0. The molecule has 0 saturated carbocycles. The minimum absolute atomic E-state index is 0.130. The van der Waals surface area contributed by atoms with Gasteiger partial charge in [-0.1, -0.05) is 91.0 Å². The van der Waals surface area contributed by atoms with E-state index in [4.69, 9.17) is 4.74 Å². The van der Waals surface area contributed by atoms with Crippen molar-refractivity contribution in [2.45, 2.75) is 47.1 Å². The van der Waals surface area contributed by atoms with E-state index in [1.54, 1.807) is 0 Å². The molecule has 1 aliphatic heterocycles. The fourth-order valence-corrected chi connectivity index (χ4v) is 7.65. The fourth-order valence-electron chi connectivity index (χ4n) is 7.65. The summed E-state index contributed by atoms with van der Waals surface area (Å²) < 4.78 is 5.32. The first-order chi connectivity index (χ1) is 21.8. The van der Waals surface area contributed by atoms with Crippen LogP contribution in [0.15, 0.2) is 91.0 Å². The number of rotatable bonds is 6. The molecule has 5 aromatic carbocycles. The van der Waals surface area contributed by atoms with Crippen molar-refractivity contribution in [3.05, 3.63) is 136 Å². The molecule has 4 nitrogen and oxygen atoms in total. The van der Waals surface area contributed by atoms with E-state index >= 15 is 0 Å². The molecular formula is C40H39BN2O2. The summed E-state index contributed by atoms with van der Waals surface area (Å²) in [7, 11) is 1.50. The van der Waals surface area contributed by atoms with Gasteiger partial charge in [-0.15, -0.1) is 0 Å². The Bertz CT molecular complexity index is 1970. The van der Waals surface area contributed by atoms with Crippen molar-refractivity contribution in [2.75, 3.05) is 17.1 Å². The molecule has 1 unspecified atom stereocenters. The zero-order chi connectivity index (χ0) is 31.3. The topological polar surface area (TPSA) is 41.6 Å². The summed E-state index contributed by atoms with van der Waals surface area (Å²) in [5.41, 5.74) is 13.0. The Hall–Kier alpha value is -4.77. The van der Waals surface area contributed by atoms with Gasteiger partial charge >= 0.3 is 13.0 Å². The van der Waals surface area contributed by atoms with Gasteiger partial charge in [-0.25, -0.2) is 0 Å². The predicted molar refractivity (Wildman–Crippen MR) is 189 cm³/mol. The molecule has 1 heterocycles. The first-order valence-corrected chi connectivity index (χ1v) is 15.8. The Morgan fingerprint density at radius 1 is 0.889 bits per heavy atom. The van der Waals surface area contributed by atoms with Crippen molar-refractivity contribution in [1.29, 1.82) is 0 Å². The third-order valence-electron chi connectivity index (χ3n) is 9.90. The molecule has 0 bridgehead atoms. The highest BCUT2D eigenvalue weighted by molar-refractivity contribution is 6.81. The molecule has 2 aliphatic rings. The molecule has 0 saturated heterocycles. The van der Waals surface area contributed by atoms with E-state index in [0.717, 1.165) is 17.8 Å². The maximum atomic E-state index is 13.1. The van der Waals surface area contributed by atoms with Crippen molar-refractivity contribution in [3.63, 3.8) is 0 Å². The number of hydrogen-bond donors (Lipinski definition) is 1. The second-order valence-electron chi connectivity index (χ2n) is 13.0. The summed E-state index contributed by atoms with van der Waals surface area (Å²) in [5, 5.41) is 6.52. The smallest absolute Gasteiger partial charge is 0.409 e. The number of anilines is 2. The summed E-state index contributed by atoms with van der Waals surface area (Å²) in [6, 6.07) is 32.4. The molecule has 0 fully saturated rings. The van der Waals surface area contributed by atoms with E-state index in [2.05, 4.69) is 141 Å². The van der Waals surface area contributed by atoms with Gasteiger partial charge in [-0.2, -0.15) is 0 Å². The number of aryl methyl sites for hydroxylation is 1. The van der Waals surface area contributed by atoms with E-state index in [1.165, 1.54) is 68.0 Å². The van der Waals surface area contributed by atoms with Gasteiger partial charge in [0.15, 0.2) is 0 Å². The summed E-state index contributed by atoms with van der Waals surface area (Å²) in [4.78, 5) is 15.6. The molecule has 7 rings (SSSR count). The lowest BCUT2D eigenvalue weighted by atomic mass is 9.58. The lowest BCUT2D eigenvalue weighted by Gasteiger charge is -2.40. The van der Waals surface area contributed by atoms with Crippen molar-refractivity contribution in [1.82, 2.24) is 0 Å². The number of benzene rings is 5. The number of carbonyl (C=O) groups is 1. The van der Waals surface area contributed by atoms with Gasteiger partial charge in [-0.3, -0.25) is 4.79 Å². The minimum atomic E-state index is -0.579. The van der Waals surface area contributed by atoms with Crippen LogP contribution in [0.2, 0.25) is 0 Å². The molecule has 5 aromatic rings. The molecule has 0 spiro atoms. The van der Waals surface area contributed by atoms with E-state index in [9.17, 15) is 4.79 Å². The quantitative estimate of drug-likeness (QED) is 0.124. The first-order valence-electron chi connectivity index (χ1n) is 15.8. The minimum Gasteiger partial charge on any atom is -0.469 e. The Kier molecular flexibility index (Phi) is 7.28. The number of nitrogens with zero attached hydrogens (tertiary/aromatic N) is 1. The standard InChI is InChI=1S/C40H39BN2O2/c1-26-21-31-17-12-18-35-37(31)36(22-26)43(25-30-15-10-7-11-16-30)41(42-35)38-28(3)34-24-40(4,39(44)45-5)23-33(34)27(2)32(38)20-19-29-13-8-6-9-14-29/h6-22,42H,23-25H2,1-5H3/b20-19+. The van der Waals surface area contributed by atoms with Gasteiger partial charge in [-0.05, 0) is 108 Å². The maximum Gasteiger partial charge on any atom is 0.409 e. The molecule has 1 aliphatic carbocycles. The Balaban J connectivity index is 1.47. The van der Waals surface area contributed by atoms with Crippen molar-refractivity contribution < 1.29 is 9.53 Å². The summed E-state index contributed by atoms with van der Waals surface area (Å²) in [6.07, 6.45) is 5.86. The average molecular weight is 591 g/mol. The molecule has 5 heteroatoms. The van der Waals surface area contributed by atoms with Crippen molar-refractivity contribution >= 4 is 52.7 Å². The van der Waals surface area contributed by atoms with Gasteiger partial charge in [0.25, 0.3) is 0 Å². The highest BCUT2D eigenvalue weighted by atomic mass is 16.5. The monoisotopic (exact) mass is 590 g/mol. The number of fused-ring (bicyclic) bond motifs is 1. The van der Waals surface area contributed by atoms with Gasteiger partial charge in [0.2, 0.25) is 0 Å². The zero-order valence-corrected chi connectivity index (χ0v) is 26.8. The summed E-state index contributed by atoms with van der Waals surface area (Å²) >= 11 is 0. The van der Waals surface area contributed by atoms with Crippen molar-refractivity contribution in [3.8, 4) is 0 Å². The van der Waals surface area contributed by atoms with Gasteiger partial charge in [0.05, 0.1) is 12.5 Å². The summed E-state index contributed by atoms with van der Waals surface area (Å²) in [6.45, 7) is 9.35. The van der Waals surface area contributed by atoms with E-state index < -0.39 is 5.41 Å². The zero-order valence-electron chi connectivity index (χ0n) is 26.8. The largest absolute Gasteiger partial charge is 0.469 e. The molecule has 1 N–H and O–H groups in total. The number of esters is 1. The number of hydrogen-bond acceptors (Lipinski definition) is 4. The third-order valence-corrected chi connectivity index (χ3v) is 9.90. The van der Waals surface area contributed by atoms with Crippen LogP contribution < -0.4 is 15.5 Å². The van der Waals surface area contributed by atoms with Gasteiger partial charge in [0, 0.05) is 23.3 Å². The normalized spacial score (nSPS) is 17.1. The Labute approximate surface area is 266 Å². The third kappa shape index (κ3) is 5.01. The second kappa shape index (κ2) is 11.3. The highest BCUT2D eigenvalue weighted by Crippen LogP contribution is 2.44. The number of carbonyl (C=O) groups excluding carboxylic acids is 1. The molecular weight excluding hydrogens is 551 g/mol. The van der Waals surface area contributed by atoms with Crippen LogP contribution in [0.25, 0.3) is 22.9 Å². The lowest BCUT2D eigenvalue weighted by molar-refractivity contribution is -0.151. The molecule has 0 aromatic heterocycles. The van der Waals surface area contributed by atoms with Gasteiger partial charge < -0.3 is 14.8 Å². The van der Waals surface area contributed by atoms with Crippen LogP contribution in [0.5, 0.6) is 0 Å². The number of nitrogens with one attached hydrogen (secondary N) is 1. The van der Waals surface area contributed by atoms with Crippen LogP contribution in [0.1, 0.15) is 51.4 Å². The Morgan fingerprint density at radius 2 is 1.58 bits per heavy atom. The van der Waals surface area contributed by atoms with E-state index in [1.807, 2.05) is 0 Å². The van der Waals surface area contributed by atoms with E-state index in [0.29, 0.717) is 12.8 Å². The number of methoxy groups -OCH3 is 1. The van der Waals surface area contributed by atoms with Crippen LogP contribution in [-0.2, 0) is 28.9 Å². The van der Waals surface area contributed by atoms with Crippen LogP contribution in [0.4, 0.5) is 11.4 Å². The molecule has 0 amide bonds. The highest BCUT2D eigenvalue weighted by Gasteiger charge is 2.45. The molecule has 224 valence electrons. The predicted octanol–water partition coefficient (Wildman–Crippen LogP) is 8.04. The van der Waals surface area contributed by atoms with Crippen molar-refractivity contribution in [2.24, 2.45) is 5.41 Å². The molecule has 0 radical (unpaired) electrons. The molecule has 45 heavy (non-hydrogen) atoms. The SMILES string of the molecule is COC(=O)C1(C)Cc2c(C)c(/C=C/c3ccccc3)c(B3Nc4cccc5cc(C)cc(c45)N3Cc3ccccc3)c(C)c2C1. The molecule has 1 atom stereocenters. The van der Waals surface area contributed by atoms with Crippen LogP contribution in [-0.4, -0.2) is 20.1 Å². The number of ether oxygens (including phenoxy) is 1. The van der Waals surface area contributed by atoms with Gasteiger partial charge in [0.1, 0.15) is 0 Å². The van der Waals surface area contributed by atoms with Crippen LogP contribution >= 0.6 is 0 Å². The first kappa shape index (κ1) is 29.0. The maximum absolute atomic E-state index is 13.1. The van der Waals surface area contributed by atoms with Crippen LogP contribution in [0, 0.1) is 26.2 Å². The lowest BCUT2D eigenvalue weighted by Crippen LogP contribution is -2.57. The average Bonchev–Trinajstić information content (AvgIpc) is 3.43. The van der Waals surface area contributed by atoms with Crippen LogP contribution in [0.3, 0.4) is 0 Å².